The Hall–Kier alpha value is -0.0800. The van der Waals surface area contributed by atoms with Crippen molar-refractivity contribution in [3.8, 4) is 0 Å². The highest BCUT2D eigenvalue weighted by Gasteiger charge is 2.31. The van der Waals surface area contributed by atoms with Crippen LogP contribution in [0.1, 0.15) is 48.0 Å². The lowest BCUT2D eigenvalue weighted by atomic mass is 9.93. The second-order valence-corrected chi connectivity index (χ2v) is 6.02. The highest BCUT2D eigenvalue weighted by atomic mass is 15.3. The van der Waals surface area contributed by atoms with E-state index in [0.29, 0.717) is 12.1 Å². The molecule has 1 N–H and O–H groups in total. The molecular formula is C14H30N2. The van der Waals surface area contributed by atoms with Crippen LogP contribution in [0, 0.1) is 11.8 Å². The predicted molar refractivity (Wildman–Crippen MR) is 71.7 cm³/mol. The van der Waals surface area contributed by atoms with Crippen LogP contribution in [0.2, 0.25) is 0 Å². The predicted octanol–water partition coefficient (Wildman–Crippen LogP) is 2.74. The summed E-state index contributed by atoms with van der Waals surface area (Å²) in [5, 5.41) is 3.67. The lowest BCUT2D eigenvalue weighted by Gasteiger charge is -2.45. The molecule has 16 heavy (non-hydrogen) atoms. The van der Waals surface area contributed by atoms with E-state index in [1.54, 1.807) is 0 Å². The zero-order valence-corrected chi connectivity index (χ0v) is 12.0. The van der Waals surface area contributed by atoms with Gasteiger partial charge < -0.3 is 5.32 Å². The van der Waals surface area contributed by atoms with Crippen molar-refractivity contribution in [1.29, 1.82) is 0 Å². The summed E-state index contributed by atoms with van der Waals surface area (Å²) in [6, 6.07) is 2.10. The highest BCUT2D eigenvalue weighted by molar-refractivity contribution is 4.89. The largest absolute Gasteiger partial charge is 0.311 e. The number of hydrogen-bond donors (Lipinski definition) is 1. The van der Waals surface area contributed by atoms with Crippen molar-refractivity contribution in [2.45, 2.75) is 66.1 Å². The van der Waals surface area contributed by atoms with Gasteiger partial charge in [-0.15, -0.1) is 0 Å². The van der Waals surface area contributed by atoms with Gasteiger partial charge in [-0.2, -0.15) is 0 Å². The van der Waals surface area contributed by atoms with Gasteiger partial charge in [0.25, 0.3) is 0 Å². The Morgan fingerprint density at radius 1 is 1.25 bits per heavy atom. The minimum absolute atomic E-state index is 0.670. The van der Waals surface area contributed by atoms with Crippen molar-refractivity contribution in [2.75, 3.05) is 13.1 Å². The molecule has 0 bridgehead atoms. The van der Waals surface area contributed by atoms with Crippen LogP contribution in [-0.2, 0) is 0 Å². The van der Waals surface area contributed by atoms with Gasteiger partial charge in [-0.05, 0) is 25.2 Å². The summed E-state index contributed by atoms with van der Waals surface area (Å²) in [7, 11) is 0. The van der Waals surface area contributed by atoms with Crippen LogP contribution in [0.3, 0.4) is 0 Å². The number of rotatable bonds is 4. The van der Waals surface area contributed by atoms with Crippen molar-refractivity contribution in [1.82, 2.24) is 10.2 Å². The molecule has 1 saturated heterocycles. The van der Waals surface area contributed by atoms with Crippen molar-refractivity contribution in [2.24, 2.45) is 11.8 Å². The van der Waals surface area contributed by atoms with Gasteiger partial charge in [-0.3, -0.25) is 4.90 Å². The third kappa shape index (κ3) is 3.21. The molecule has 96 valence electrons. The van der Waals surface area contributed by atoms with Crippen molar-refractivity contribution < 1.29 is 0 Å². The SMILES string of the molecule is CCC(C(C)C)N1CC(C(C)C)NCC1C. The monoisotopic (exact) mass is 226 g/mol. The molecule has 1 heterocycles. The molecular weight excluding hydrogens is 196 g/mol. The molecule has 1 rings (SSSR count). The highest BCUT2D eigenvalue weighted by Crippen LogP contribution is 2.21. The van der Waals surface area contributed by atoms with Crippen LogP contribution < -0.4 is 5.32 Å². The minimum atomic E-state index is 0.670. The van der Waals surface area contributed by atoms with Crippen LogP contribution in [0.25, 0.3) is 0 Å². The maximum absolute atomic E-state index is 3.67. The van der Waals surface area contributed by atoms with Crippen molar-refractivity contribution >= 4 is 0 Å². The van der Waals surface area contributed by atoms with Gasteiger partial charge in [0, 0.05) is 31.2 Å². The van der Waals surface area contributed by atoms with Crippen LogP contribution in [0.4, 0.5) is 0 Å². The number of nitrogens with one attached hydrogen (secondary N) is 1. The average molecular weight is 226 g/mol. The zero-order chi connectivity index (χ0) is 12.3. The van der Waals surface area contributed by atoms with Gasteiger partial charge in [0.1, 0.15) is 0 Å². The van der Waals surface area contributed by atoms with Crippen molar-refractivity contribution in [3.63, 3.8) is 0 Å². The molecule has 1 aliphatic heterocycles. The smallest absolute Gasteiger partial charge is 0.0218 e. The maximum Gasteiger partial charge on any atom is 0.0218 e. The summed E-state index contributed by atoms with van der Waals surface area (Å²) in [6.07, 6.45) is 1.27. The van der Waals surface area contributed by atoms with Crippen LogP contribution in [0.5, 0.6) is 0 Å². The summed E-state index contributed by atoms with van der Waals surface area (Å²) in [4.78, 5) is 2.73. The first-order valence-electron chi connectivity index (χ1n) is 6.96. The normalized spacial score (nSPS) is 30.0. The minimum Gasteiger partial charge on any atom is -0.311 e. The number of hydrogen-bond acceptors (Lipinski definition) is 2. The van der Waals surface area contributed by atoms with Crippen LogP contribution in [0.15, 0.2) is 0 Å². The third-order valence-corrected chi connectivity index (χ3v) is 4.07. The topological polar surface area (TPSA) is 15.3 Å². The van der Waals surface area contributed by atoms with E-state index in [-0.39, 0.29) is 0 Å². The lowest BCUT2D eigenvalue weighted by molar-refractivity contribution is 0.0543. The standard InChI is InChI=1S/C14H30N2/c1-7-14(11(4)5)16-9-13(10(2)3)15-8-12(16)6/h10-15H,7-9H2,1-6H3. The quantitative estimate of drug-likeness (QED) is 0.793. The van der Waals surface area contributed by atoms with Gasteiger partial charge in [0.15, 0.2) is 0 Å². The van der Waals surface area contributed by atoms with E-state index in [4.69, 9.17) is 0 Å². The Balaban J connectivity index is 2.68. The molecule has 1 aliphatic rings. The van der Waals surface area contributed by atoms with Crippen molar-refractivity contribution in [3.05, 3.63) is 0 Å². The Bertz CT molecular complexity index is 201. The summed E-state index contributed by atoms with van der Waals surface area (Å²) >= 11 is 0. The molecule has 0 aromatic carbocycles. The molecule has 0 spiro atoms. The molecule has 0 aromatic rings. The first-order valence-corrected chi connectivity index (χ1v) is 6.96. The van der Waals surface area contributed by atoms with E-state index in [1.165, 1.54) is 13.0 Å². The molecule has 0 aliphatic carbocycles. The lowest BCUT2D eigenvalue weighted by Crippen LogP contribution is -2.60. The van der Waals surface area contributed by atoms with Gasteiger partial charge in [0.2, 0.25) is 0 Å². The Morgan fingerprint density at radius 3 is 2.31 bits per heavy atom. The first kappa shape index (κ1) is 14.0. The Morgan fingerprint density at radius 2 is 1.88 bits per heavy atom. The second-order valence-electron chi connectivity index (χ2n) is 6.02. The van der Waals surface area contributed by atoms with E-state index < -0.39 is 0 Å². The summed E-state index contributed by atoms with van der Waals surface area (Å²) < 4.78 is 0. The fourth-order valence-electron chi connectivity index (χ4n) is 2.91. The van der Waals surface area contributed by atoms with Gasteiger partial charge in [-0.1, -0.05) is 34.6 Å². The van der Waals surface area contributed by atoms with E-state index in [1.807, 2.05) is 0 Å². The fourth-order valence-corrected chi connectivity index (χ4v) is 2.91. The van der Waals surface area contributed by atoms with E-state index >= 15 is 0 Å². The summed E-state index contributed by atoms with van der Waals surface area (Å²) in [5.41, 5.74) is 0. The summed E-state index contributed by atoms with van der Waals surface area (Å²) in [5.74, 6) is 1.50. The van der Waals surface area contributed by atoms with Gasteiger partial charge >= 0.3 is 0 Å². The second kappa shape index (κ2) is 6.02. The molecule has 0 radical (unpaired) electrons. The fraction of sp³-hybridized carbons (Fsp3) is 1.00. The molecule has 2 heteroatoms. The Labute approximate surface area is 102 Å². The Kier molecular flexibility index (Phi) is 5.26. The number of piperazine rings is 1. The molecule has 3 atom stereocenters. The number of nitrogens with zero attached hydrogens (tertiary/aromatic N) is 1. The maximum atomic E-state index is 3.67. The molecule has 0 aromatic heterocycles. The molecule has 3 unspecified atom stereocenters. The first-order chi connectivity index (χ1) is 7.47. The van der Waals surface area contributed by atoms with Crippen LogP contribution >= 0.6 is 0 Å². The summed E-state index contributed by atoms with van der Waals surface area (Å²) in [6.45, 7) is 16.4. The third-order valence-electron chi connectivity index (χ3n) is 4.07. The zero-order valence-electron chi connectivity index (χ0n) is 12.0. The van der Waals surface area contributed by atoms with Gasteiger partial charge in [-0.25, -0.2) is 0 Å². The van der Waals surface area contributed by atoms with E-state index in [9.17, 15) is 0 Å². The molecule has 0 saturated carbocycles. The van der Waals surface area contributed by atoms with E-state index in [2.05, 4.69) is 51.8 Å². The van der Waals surface area contributed by atoms with Gasteiger partial charge in [0.05, 0.1) is 0 Å². The molecule has 1 fully saturated rings. The average Bonchev–Trinajstić information content (AvgIpc) is 2.20. The van der Waals surface area contributed by atoms with E-state index in [0.717, 1.165) is 24.4 Å². The molecule has 0 amide bonds. The van der Waals surface area contributed by atoms with Crippen LogP contribution in [-0.4, -0.2) is 36.1 Å². The molecule has 2 nitrogen and oxygen atoms in total.